The summed E-state index contributed by atoms with van der Waals surface area (Å²) in [6.45, 7) is 1.99. The van der Waals surface area contributed by atoms with Crippen LogP contribution in [0.3, 0.4) is 0 Å². The number of hydrogen-bond donors (Lipinski definition) is 0. The van der Waals surface area contributed by atoms with E-state index in [2.05, 4.69) is 15.9 Å². The van der Waals surface area contributed by atoms with Gasteiger partial charge in [0.25, 0.3) is 0 Å². The first kappa shape index (κ1) is 11.9. The minimum Gasteiger partial charge on any atom is -0.457 e. The summed E-state index contributed by atoms with van der Waals surface area (Å²) in [6.07, 6.45) is 0.789. The van der Waals surface area contributed by atoms with Crippen LogP contribution in [0.25, 0.3) is 0 Å². The Labute approximate surface area is 108 Å². The molecular weight excluding hydrogens is 280 g/mol. The number of rotatable bonds is 3. The Morgan fingerprint density at radius 1 is 1.18 bits per heavy atom. The Hall–Kier alpha value is -1.61. The van der Waals surface area contributed by atoms with E-state index in [-0.39, 0.29) is 0 Å². The maximum Gasteiger partial charge on any atom is 0.153 e. The summed E-state index contributed by atoms with van der Waals surface area (Å²) in [7, 11) is 0. The predicted molar refractivity (Wildman–Crippen MR) is 70.8 cm³/mol. The van der Waals surface area contributed by atoms with Gasteiger partial charge in [-0.3, -0.25) is 4.79 Å². The average Bonchev–Trinajstić information content (AvgIpc) is 2.29. The topological polar surface area (TPSA) is 26.3 Å². The Morgan fingerprint density at radius 3 is 2.71 bits per heavy atom. The van der Waals surface area contributed by atoms with Crippen molar-refractivity contribution in [1.82, 2.24) is 0 Å². The van der Waals surface area contributed by atoms with Crippen molar-refractivity contribution in [2.24, 2.45) is 0 Å². The van der Waals surface area contributed by atoms with Gasteiger partial charge in [-0.2, -0.15) is 0 Å². The van der Waals surface area contributed by atoms with E-state index in [0.717, 1.165) is 22.1 Å². The molecule has 0 saturated carbocycles. The minimum atomic E-state index is 0.537. The van der Waals surface area contributed by atoms with Gasteiger partial charge in [-0.05, 0) is 42.8 Å². The third-order valence-corrected chi connectivity index (χ3v) is 2.81. The second-order valence-electron chi connectivity index (χ2n) is 3.72. The van der Waals surface area contributed by atoms with Gasteiger partial charge in [0.2, 0.25) is 0 Å². The molecule has 0 N–H and O–H groups in total. The summed E-state index contributed by atoms with van der Waals surface area (Å²) in [5.74, 6) is 1.28. The van der Waals surface area contributed by atoms with E-state index in [4.69, 9.17) is 4.74 Å². The first-order valence-corrected chi connectivity index (χ1v) is 5.97. The molecule has 0 aliphatic rings. The summed E-state index contributed by atoms with van der Waals surface area (Å²) < 4.78 is 6.58. The Morgan fingerprint density at radius 2 is 2.00 bits per heavy atom. The molecule has 2 rings (SSSR count). The maximum atomic E-state index is 10.9. The first-order chi connectivity index (χ1) is 8.19. The van der Waals surface area contributed by atoms with Crippen molar-refractivity contribution in [3.05, 3.63) is 58.1 Å². The lowest BCUT2D eigenvalue weighted by Crippen LogP contribution is -1.90. The zero-order valence-electron chi connectivity index (χ0n) is 9.31. The van der Waals surface area contributed by atoms with E-state index >= 15 is 0 Å². The van der Waals surface area contributed by atoms with Gasteiger partial charge in [0.15, 0.2) is 6.29 Å². The Bertz CT molecular complexity index is 550. The molecule has 0 atom stereocenters. The zero-order valence-corrected chi connectivity index (χ0v) is 10.9. The van der Waals surface area contributed by atoms with Gasteiger partial charge in [-0.1, -0.05) is 28.1 Å². The summed E-state index contributed by atoms with van der Waals surface area (Å²) >= 11 is 3.36. The van der Waals surface area contributed by atoms with Gasteiger partial charge in [0.05, 0.1) is 5.56 Å². The number of hydrogen-bond acceptors (Lipinski definition) is 2. The smallest absolute Gasteiger partial charge is 0.153 e. The number of carbonyl (C=O) groups is 1. The van der Waals surface area contributed by atoms with Crippen LogP contribution in [-0.2, 0) is 0 Å². The lowest BCUT2D eigenvalue weighted by Gasteiger charge is -2.08. The molecule has 86 valence electrons. The van der Waals surface area contributed by atoms with Gasteiger partial charge in [-0.25, -0.2) is 0 Å². The second-order valence-corrected chi connectivity index (χ2v) is 4.63. The van der Waals surface area contributed by atoms with Crippen molar-refractivity contribution in [2.75, 3.05) is 0 Å². The second kappa shape index (κ2) is 5.15. The normalized spacial score (nSPS) is 10.0. The molecule has 0 spiro atoms. The first-order valence-electron chi connectivity index (χ1n) is 5.18. The standard InChI is InChI=1S/C14H11BrO2/c1-10-3-2-4-13(7-10)17-14-8-12(15)6-5-11(14)9-16/h2-9H,1H3. The number of aryl methyl sites for hydroxylation is 1. The van der Waals surface area contributed by atoms with Crippen LogP contribution in [-0.4, -0.2) is 6.29 Å². The van der Waals surface area contributed by atoms with Crippen LogP contribution in [0.1, 0.15) is 15.9 Å². The van der Waals surface area contributed by atoms with Gasteiger partial charge < -0.3 is 4.74 Å². The molecule has 0 radical (unpaired) electrons. The van der Waals surface area contributed by atoms with E-state index in [1.54, 1.807) is 12.1 Å². The molecular formula is C14H11BrO2. The fourth-order valence-electron chi connectivity index (χ4n) is 1.50. The van der Waals surface area contributed by atoms with Crippen molar-refractivity contribution in [3.8, 4) is 11.5 Å². The lowest BCUT2D eigenvalue weighted by atomic mass is 10.2. The molecule has 2 aromatic rings. The van der Waals surface area contributed by atoms with Crippen molar-refractivity contribution in [3.63, 3.8) is 0 Å². The third kappa shape index (κ3) is 2.94. The molecule has 0 heterocycles. The summed E-state index contributed by atoms with van der Waals surface area (Å²) in [6, 6.07) is 13.0. The maximum absolute atomic E-state index is 10.9. The largest absolute Gasteiger partial charge is 0.457 e. The van der Waals surface area contributed by atoms with E-state index in [0.29, 0.717) is 11.3 Å². The number of halogens is 1. The highest BCUT2D eigenvalue weighted by Gasteiger charge is 2.05. The zero-order chi connectivity index (χ0) is 12.3. The highest BCUT2D eigenvalue weighted by molar-refractivity contribution is 9.10. The third-order valence-electron chi connectivity index (χ3n) is 2.32. The van der Waals surface area contributed by atoms with Gasteiger partial charge in [0, 0.05) is 4.47 Å². The molecule has 17 heavy (non-hydrogen) atoms. The molecule has 0 aliphatic carbocycles. The van der Waals surface area contributed by atoms with Crippen LogP contribution >= 0.6 is 15.9 Å². The Balaban J connectivity index is 2.35. The van der Waals surface area contributed by atoms with Crippen molar-refractivity contribution >= 4 is 22.2 Å². The van der Waals surface area contributed by atoms with E-state index in [9.17, 15) is 4.79 Å². The molecule has 0 aliphatic heterocycles. The van der Waals surface area contributed by atoms with Crippen molar-refractivity contribution in [1.29, 1.82) is 0 Å². The van der Waals surface area contributed by atoms with E-state index in [1.807, 2.05) is 37.3 Å². The van der Waals surface area contributed by atoms with Gasteiger partial charge in [-0.15, -0.1) is 0 Å². The molecule has 0 unspecified atom stereocenters. The Kier molecular flexibility index (Phi) is 3.59. The highest BCUT2D eigenvalue weighted by Crippen LogP contribution is 2.28. The fourth-order valence-corrected chi connectivity index (χ4v) is 1.84. The number of carbonyl (C=O) groups excluding carboxylic acids is 1. The summed E-state index contributed by atoms with van der Waals surface area (Å²) in [4.78, 5) is 10.9. The van der Waals surface area contributed by atoms with Crippen molar-refractivity contribution in [2.45, 2.75) is 6.92 Å². The highest BCUT2D eigenvalue weighted by atomic mass is 79.9. The predicted octanol–water partition coefficient (Wildman–Crippen LogP) is 4.36. The van der Waals surface area contributed by atoms with Crippen LogP contribution in [0.15, 0.2) is 46.9 Å². The molecule has 0 aromatic heterocycles. The van der Waals surface area contributed by atoms with Crippen LogP contribution in [0.5, 0.6) is 11.5 Å². The van der Waals surface area contributed by atoms with Gasteiger partial charge in [0.1, 0.15) is 11.5 Å². The summed E-state index contributed by atoms with van der Waals surface area (Å²) in [5, 5.41) is 0. The molecule has 0 amide bonds. The molecule has 3 heteroatoms. The summed E-state index contributed by atoms with van der Waals surface area (Å²) in [5.41, 5.74) is 1.65. The fraction of sp³-hybridized carbons (Fsp3) is 0.0714. The number of ether oxygens (including phenoxy) is 1. The van der Waals surface area contributed by atoms with Crippen LogP contribution in [0.2, 0.25) is 0 Å². The lowest BCUT2D eigenvalue weighted by molar-refractivity contribution is 0.112. The van der Waals surface area contributed by atoms with Crippen LogP contribution in [0, 0.1) is 6.92 Å². The monoisotopic (exact) mass is 290 g/mol. The van der Waals surface area contributed by atoms with E-state index < -0.39 is 0 Å². The van der Waals surface area contributed by atoms with Crippen LogP contribution in [0.4, 0.5) is 0 Å². The van der Waals surface area contributed by atoms with Gasteiger partial charge >= 0.3 is 0 Å². The number of benzene rings is 2. The SMILES string of the molecule is Cc1cccc(Oc2cc(Br)ccc2C=O)c1. The van der Waals surface area contributed by atoms with Crippen LogP contribution < -0.4 is 4.74 Å². The molecule has 0 saturated heterocycles. The molecule has 0 bridgehead atoms. The minimum absolute atomic E-state index is 0.537. The average molecular weight is 291 g/mol. The van der Waals surface area contributed by atoms with Crippen molar-refractivity contribution < 1.29 is 9.53 Å². The molecule has 2 aromatic carbocycles. The van der Waals surface area contributed by atoms with E-state index in [1.165, 1.54) is 0 Å². The molecule has 2 nitrogen and oxygen atoms in total. The quantitative estimate of drug-likeness (QED) is 0.785. The molecule has 0 fully saturated rings. The number of aldehydes is 1.